The summed E-state index contributed by atoms with van der Waals surface area (Å²) in [6, 6.07) is 3.52. The average molecular weight is 237 g/mol. The smallest absolute Gasteiger partial charge is 0.126 e. The third-order valence-corrected chi connectivity index (χ3v) is 2.41. The lowest BCUT2D eigenvalue weighted by molar-refractivity contribution is 0.575. The van der Waals surface area contributed by atoms with Gasteiger partial charge < -0.3 is 9.88 Å². The first-order chi connectivity index (χ1) is 8.19. The van der Waals surface area contributed by atoms with Crippen molar-refractivity contribution in [2.75, 3.05) is 7.05 Å². The number of nitrogens with one attached hydrogen (secondary N) is 1. The molecule has 1 heterocycles. The van der Waals surface area contributed by atoms with Crippen molar-refractivity contribution in [1.82, 2.24) is 14.9 Å². The molecule has 1 N–H and O–H groups in total. The van der Waals surface area contributed by atoms with Crippen LogP contribution in [0.2, 0.25) is 0 Å². The van der Waals surface area contributed by atoms with Crippen LogP contribution in [0.1, 0.15) is 11.4 Å². The fraction of sp³-hybridized carbons (Fsp3) is 0.250. The van der Waals surface area contributed by atoms with Crippen molar-refractivity contribution < 1.29 is 8.78 Å². The number of halogens is 2. The van der Waals surface area contributed by atoms with E-state index >= 15 is 0 Å². The van der Waals surface area contributed by atoms with Crippen molar-refractivity contribution in [3.8, 4) is 0 Å². The Morgan fingerprint density at radius 2 is 1.94 bits per heavy atom. The molecular formula is C12H13F2N3. The zero-order chi connectivity index (χ0) is 12.3. The van der Waals surface area contributed by atoms with Crippen LogP contribution in [-0.4, -0.2) is 16.6 Å². The maximum absolute atomic E-state index is 13.0. The number of benzene rings is 1. The Bertz CT molecular complexity index is 488. The summed E-state index contributed by atoms with van der Waals surface area (Å²) >= 11 is 0. The molecule has 5 heteroatoms. The number of aromatic nitrogens is 2. The van der Waals surface area contributed by atoms with Gasteiger partial charge in [-0.1, -0.05) is 0 Å². The van der Waals surface area contributed by atoms with Gasteiger partial charge in [0, 0.05) is 25.0 Å². The highest BCUT2D eigenvalue weighted by Gasteiger charge is 2.05. The summed E-state index contributed by atoms with van der Waals surface area (Å²) in [4.78, 5) is 4.16. The highest BCUT2D eigenvalue weighted by atomic mass is 19.1. The SMILES string of the molecule is CNCc1nccn1Cc1cc(F)cc(F)c1. The minimum atomic E-state index is -0.560. The molecule has 0 aliphatic heterocycles. The Morgan fingerprint density at radius 1 is 1.24 bits per heavy atom. The maximum atomic E-state index is 13.0. The summed E-state index contributed by atoms with van der Waals surface area (Å²) < 4.78 is 27.9. The van der Waals surface area contributed by atoms with E-state index in [0.717, 1.165) is 11.9 Å². The minimum Gasteiger partial charge on any atom is -0.329 e. The van der Waals surface area contributed by atoms with Crippen LogP contribution < -0.4 is 5.32 Å². The monoisotopic (exact) mass is 237 g/mol. The molecule has 17 heavy (non-hydrogen) atoms. The summed E-state index contributed by atoms with van der Waals surface area (Å²) in [7, 11) is 1.82. The van der Waals surface area contributed by atoms with Crippen molar-refractivity contribution in [2.24, 2.45) is 0 Å². The summed E-state index contributed by atoms with van der Waals surface area (Å²) in [5.41, 5.74) is 0.581. The Hall–Kier alpha value is -1.75. The van der Waals surface area contributed by atoms with Crippen LogP contribution in [-0.2, 0) is 13.1 Å². The number of imidazole rings is 1. The van der Waals surface area contributed by atoms with E-state index in [1.165, 1.54) is 12.1 Å². The van der Waals surface area contributed by atoms with Crippen molar-refractivity contribution >= 4 is 0 Å². The molecule has 0 unspecified atom stereocenters. The van der Waals surface area contributed by atoms with Gasteiger partial charge in [-0.2, -0.15) is 0 Å². The second-order valence-corrected chi connectivity index (χ2v) is 3.78. The fourth-order valence-electron chi connectivity index (χ4n) is 1.71. The first-order valence-electron chi connectivity index (χ1n) is 5.28. The van der Waals surface area contributed by atoms with Gasteiger partial charge in [0.25, 0.3) is 0 Å². The van der Waals surface area contributed by atoms with Crippen LogP contribution in [0, 0.1) is 11.6 Å². The van der Waals surface area contributed by atoms with Crippen LogP contribution in [0.15, 0.2) is 30.6 Å². The second-order valence-electron chi connectivity index (χ2n) is 3.78. The van der Waals surface area contributed by atoms with Gasteiger partial charge in [0.05, 0.1) is 6.54 Å². The molecule has 0 radical (unpaired) electrons. The van der Waals surface area contributed by atoms with Gasteiger partial charge in [-0.3, -0.25) is 0 Å². The molecule has 0 aliphatic rings. The topological polar surface area (TPSA) is 29.9 Å². The van der Waals surface area contributed by atoms with E-state index in [4.69, 9.17) is 0 Å². The summed E-state index contributed by atoms with van der Waals surface area (Å²) in [6.45, 7) is 1.02. The molecule has 1 aromatic heterocycles. The Kier molecular flexibility index (Phi) is 3.49. The molecule has 0 atom stereocenters. The molecule has 3 nitrogen and oxygen atoms in total. The molecular weight excluding hydrogens is 224 g/mol. The molecule has 0 saturated heterocycles. The van der Waals surface area contributed by atoms with Gasteiger partial charge in [0.2, 0.25) is 0 Å². The lowest BCUT2D eigenvalue weighted by Crippen LogP contribution is -2.12. The van der Waals surface area contributed by atoms with E-state index in [-0.39, 0.29) is 0 Å². The van der Waals surface area contributed by atoms with Crippen molar-refractivity contribution in [1.29, 1.82) is 0 Å². The van der Waals surface area contributed by atoms with E-state index in [0.29, 0.717) is 18.7 Å². The highest BCUT2D eigenvalue weighted by Crippen LogP contribution is 2.10. The highest BCUT2D eigenvalue weighted by molar-refractivity contribution is 5.18. The fourth-order valence-corrected chi connectivity index (χ4v) is 1.71. The zero-order valence-electron chi connectivity index (χ0n) is 9.45. The Balaban J connectivity index is 2.22. The molecule has 0 spiro atoms. The molecule has 0 amide bonds. The largest absolute Gasteiger partial charge is 0.329 e. The average Bonchev–Trinajstić information content (AvgIpc) is 2.65. The molecule has 0 aliphatic carbocycles. The van der Waals surface area contributed by atoms with Gasteiger partial charge >= 0.3 is 0 Å². The van der Waals surface area contributed by atoms with Crippen LogP contribution in [0.4, 0.5) is 8.78 Å². The van der Waals surface area contributed by atoms with Crippen LogP contribution in [0.3, 0.4) is 0 Å². The van der Waals surface area contributed by atoms with E-state index in [9.17, 15) is 8.78 Å². The quantitative estimate of drug-likeness (QED) is 0.880. The third-order valence-electron chi connectivity index (χ3n) is 2.41. The normalized spacial score (nSPS) is 10.8. The van der Waals surface area contributed by atoms with Crippen molar-refractivity contribution in [2.45, 2.75) is 13.1 Å². The van der Waals surface area contributed by atoms with Crippen LogP contribution in [0.5, 0.6) is 0 Å². The number of nitrogens with zero attached hydrogens (tertiary/aromatic N) is 2. The van der Waals surface area contributed by atoms with Gasteiger partial charge in [-0.15, -0.1) is 0 Å². The van der Waals surface area contributed by atoms with Crippen molar-refractivity contribution in [3.63, 3.8) is 0 Å². The molecule has 2 rings (SSSR count). The first kappa shape index (κ1) is 11.7. The molecule has 0 saturated carbocycles. The minimum absolute atomic E-state index is 0.408. The predicted molar refractivity (Wildman–Crippen MR) is 60.5 cm³/mol. The lowest BCUT2D eigenvalue weighted by Gasteiger charge is -2.08. The number of rotatable bonds is 4. The van der Waals surface area contributed by atoms with Gasteiger partial charge in [-0.25, -0.2) is 13.8 Å². The van der Waals surface area contributed by atoms with E-state index in [2.05, 4.69) is 10.3 Å². The molecule has 2 aromatic rings. The standard InChI is InChI=1S/C12H13F2N3/c1-15-7-12-16-2-3-17(12)8-9-4-10(13)6-11(14)5-9/h2-6,15H,7-8H2,1H3. The number of hydrogen-bond acceptors (Lipinski definition) is 2. The van der Waals surface area contributed by atoms with Crippen LogP contribution >= 0.6 is 0 Å². The lowest BCUT2D eigenvalue weighted by atomic mass is 10.2. The van der Waals surface area contributed by atoms with E-state index < -0.39 is 11.6 Å². The van der Waals surface area contributed by atoms with E-state index in [1.807, 2.05) is 11.6 Å². The van der Waals surface area contributed by atoms with Crippen LogP contribution in [0.25, 0.3) is 0 Å². The van der Waals surface area contributed by atoms with Gasteiger partial charge in [0.1, 0.15) is 17.5 Å². The summed E-state index contributed by atoms with van der Waals surface area (Å²) in [5, 5.41) is 2.99. The third kappa shape index (κ3) is 2.88. The Labute approximate surface area is 98.1 Å². The maximum Gasteiger partial charge on any atom is 0.126 e. The summed E-state index contributed by atoms with van der Waals surface area (Å²) in [5.74, 6) is -0.289. The first-order valence-corrected chi connectivity index (χ1v) is 5.28. The van der Waals surface area contributed by atoms with Gasteiger partial charge in [-0.05, 0) is 24.7 Å². The molecule has 0 fully saturated rings. The van der Waals surface area contributed by atoms with Crippen molar-refractivity contribution in [3.05, 3.63) is 53.6 Å². The predicted octanol–water partition coefficient (Wildman–Crippen LogP) is 1.93. The Morgan fingerprint density at radius 3 is 2.59 bits per heavy atom. The number of hydrogen-bond donors (Lipinski definition) is 1. The molecule has 1 aromatic carbocycles. The zero-order valence-corrected chi connectivity index (χ0v) is 9.45. The van der Waals surface area contributed by atoms with Gasteiger partial charge in [0.15, 0.2) is 0 Å². The molecule has 90 valence electrons. The van der Waals surface area contributed by atoms with E-state index in [1.54, 1.807) is 12.4 Å². The summed E-state index contributed by atoms with van der Waals surface area (Å²) in [6.07, 6.45) is 3.46. The second kappa shape index (κ2) is 5.05. The molecule has 0 bridgehead atoms.